The van der Waals surface area contributed by atoms with Gasteiger partial charge >= 0.3 is 0 Å². The molecule has 2 unspecified atom stereocenters. The highest BCUT2D eigenvalue weighted by Crippen LogP contribution is 2.32. The molecular formula is C11H17Br2NS. The largest absolute Gasteiger partial charge is 0.309 e. The van der Waals surface area contributed by atoms with Gasteiger partial charge in [-0.2, -0.15) is 0 Å². The van der Waals surface area contributed by atoms with Gasteiger partial charge < -0.3 is 5.32 Å². The van der Waals surface area contributed by atoms with Crippen LogP contribution in [0.5, 0.6) is 0 Å². The van der Waals surface area contributed by atoms with Crippen molar-refractivity contribution in [1.29, 1.82) is 0 Å². The summed E-state index contributed by atoms with van der Waals surface area (Å²) in [5, 5.41) is 3.56. The molecule has 0 spiro atoms. The Morgan fingerprint density at radius 3 is 2.53 bits per heavy atom. The molecule has 1 heterocycles. The van der Waals surface area contributed by atoms with Crippen molar-refractivity contribution in [3.63, 3.8) is 0 Å². The van der Waals surface area contributed by atoms with Gasteiger partial charge in [-0.1, -0.05) is 20.3 Å². The molecule has 0 bridgehead atoms. The van der Waals surface area contributed by atoms with E-state index in [0.29, 0.717) is 6.04 Å². The summed E-state index contributed by atoms with van der Waals surface area (Å²) in [5.41, 5.74) is 0. The first-order valence-corrected chi connectivity index (χ1v) is 7.62. The van der Waals surface area contributed by atoms with Crippen LogP contribution >= 0.6 is 43.2 Å². The maximum Gasteiger partial charge on any atom is 0.0843 e. The van der Waals surface area contributed by atoms with Crippen LogP contribution in [0, 0.1) is 5.92 Å². The third kappa shape index (κ3) is 4.17. The van der Waals surface area contributed by atoms with Crippen LogP contribution in [0.2, 0.25) is 0 Å². The molecule has 15 heavy (non-hydrogen) atoms. The van der Waals surface area contributed by atoms with Crippen LogP contribution < -0.4 is 5.32 Å². The van der Waals surface area contributed by atoms with E-state index in [1.165, 1.54) is 15.1 Å². The van der Waals surface area contributed by atoms with Crippen molar-refractivity contribution >= 4 is 43.2 Å². The Kier molecular flexibility index (Phi) is 5.82. The molecule has 0 radical (unpaired) electrons. The molecule has 0 saturated carbocycles. The zero-order chi connectivity index (χ0) is 11.4. The lowest BCUT2D eigenvalue weighted by molar-refractivity contribution is 0.390. The first kappa shape index (κ1) is 13.7. The first-order valence-electron chi connectivity index (χ1n) is 5.21. The molecule has 0 aromatic carbocycles. The van der Waals surface area contributed by atoms with Crippen molar-refractivity contribution < 1.29 is 0 Å². The van der Waals surface area contributed by atoms with Crippen molar-refractivity contribution in [3.05, 3.63) is 19.2 Å². The van der Waals surface area contributed by atoms with Crippen molar-refractivity contribution in [2.24, 2.45) is 5.92 Å². The second kappa shape index (κ2) is 6.38. The average Bonchev–Trinajstić information content (AvgIpc) is 2.54. The van der Waals surface area contributed by atoms with Gasteiger partial charge in [0.15, 0.2) is 0 Å². The topological polar surface area (TPSA) is 12.0 Å². The molecule has 1 aromatic rings. The van der Waals surface area contributed by atoms with Gasteiger partial charge in [-0.15, -0.1) is 11.3 Å². The van der Waals surface area contributed by atoms with Crippen molar-refractivity contribution in [2.45, 2.75) is 39.8 Å². The maximum atomic E-state index is 3.56. The van der Waals surface area contributed by atoms with Crippen LogP contribution in [0.3, 0.4) is 0 Å². The number of hydrogen-bond acceptors (Lipinski definition) is 2. The van der Waals surface area contributed by atoms with E-state index in [2.05, 4.69) is 64.0 Å². The zero-order valence-corrected chi connectivity index (χ0v) is 13.3. The molecule has 1 rings (SSSR count). The lowest BCUT2D eigenvalue weighted by Gasteiger charge is -2.19. The monoisotopic (exact) mass is 353 g/mol. The summed E-state index contributed by atoms with van der Waals surface area (Å²) in [6, 6.07) is 2.75. The number of rotatable bonds is 5. The minimum atomic E-state index is 0.578. The van der Waals surface area contributed by atoms with Crippen LogP contribution in [0.1, 0.15) is 32.1 Å². The molecule has 0 aliphatic rings. The van der Waals surface area contributed by atoms with E-state index in [1.807, 2.05) is 0 Å². The second-order valence-corrected chi connectivity index (χ2v) is 7.20. The SMILES string of the molecule is CCC(C)C(C)NCc1cc(Br)c(Br)s1. The van der Waals surface area contributed by atoms with Gasteiger partial charge in [-0.05, 0) is 50.8 Å². The van der Waals surface area contributed by atoms with Crippen molar-refractivity contribution in [2.75, 3.05) is 0 Å². The third-order valence-corrected chi connectivity index (χ3v) is 6.05. The van der Waals surface area contributed by atoms with Crippen LogP contribution in [0.25, 0.3) is 0 Å². The Labute approximate surface area is 113 Å². The molecule has 0 amide bonds. The number of hydrogen-bond donors (Lipinski definition) is 1. The van der Waals surface area contributed by atoms with Crippen LogP contribution in [0.15, 0.2) is 14.3 Å². The summed E-state index contributed by atoms with van der Waals surface area (Å²) in [5.74, 6) is 0.733. The van der Waals surface area contributed by atoms with Crippen LogP contribution in [-0.4, -0.2) is 6.04 Å². The number of nitrogens with one attached hydrogen (secondary N) is 1. The molecule has 0 saturated heterocycles. The number of halogens is 2. The number of thiophene rings is 1. The van der Waals surface area contributed by atoms with Gasteiger partial charge in [0.25, 0.3) is 0 Å². The van der Waals surface area contributed by atoms with E-state index >= 15 is 0 Å². The molecule has 4 heteroatoms. The fraction of sp³-hybridized carbons (Fsp3) is 0.636. The van der Waals surface area contributed by atoms with Gasteiger partial charge in [0.2, 0.25) is 0 Å². The first-order chi connectivity index (χ1) is 7.04. The van der Waals surface area contributed by atoms with Crippen LogP contribution in [0.4, 0.5) is 0 Å². The highest BCUT2D eigenvalue weighted by Gasteiger charge is 2.10. The Bertz CT molecular complexity index is 292. The smallest absolute Gasteiger partial charge is 0.0843 e. The highest BCUT2D eigenvalue weighted by atomic mass is 79.9. The van der Waals surface area contributed by atoms with E-state index in [4.69, 9.17) is 0 Å². The molecular weight excluding hydrogens is 338 g/mol. The molecule has 0 fully saturated rings. The summed E-state index contributed by atoms with van der Waals surface area (Å²) in [6.45, 7) is 7.74. The standard InChI is InChI=1S/C11H17Br2NS/c1-4-7(2)8(3)14-6-9-5-10(12)11(13)15-9/h5,7-8,14H,4,6H2,1-3H3. The second-order valence-electron chi connectivity index (χ2n) is 3.89. The lowest BCUT2D eigenvalue weighted by Crippen LogP contribution is -2.30. The van der Waals surface area contributed by atoms with Crippen molar-refractivity contribution in [1.82, 2.24) is 5.32 Å². The fourth-order valence-electron chi connectivity index (χ4n) is 1.29. The van der Waals surface area contributed by atoms with Gasteiger partial charge in [0, 0.05) is 21.9 Å². The predicted octanol–water partition coefficient (Wildman–Crippen LogP) is 4.80. The van der Waals surface area contributed by atoms with E-state index in [0.717, 1.165) is 16.9 Å². The normalized spacial score (nSPS) is 15.3. The minimum Gasteiger partial charge on any atom is -0.309 e. The minimum absolute atomic E-state index is 0.578. The van der Waals surface area contributed by atoms with Gasteiger partial charge in [0.1, 0.15) is 0 Å². The summed E-state index contributed by atoms with van der Waals surface area (Å²) in [7, 11) is 0. The van der Waals surface area contributed by atoms with Gasteiger partial charge in [0.05, 0.1) is 3.79 Å². The van der Waals surface area contributed by atoms with Crippen LogP contribution in [-0.2, 0) is 6.54 Å². The molecule has 0 aliphatic carbocycles. The Hall–Kier alpha value is 0.620. The van der Waals surface area contributed by atoms with Gasteiger partial charge in [-0.25, -0.2) is 0 Å². The molecule has 1 nitrogen and oxygen atoms in total. The van der Waals surface area contributed by atoms with Gasteiger partial charge in [-0.3, -0.25) is 0 Å². The zero-order valence-electron chi connectivity index (χ0n) is 9.31. The highest BCUT2D eigenvalue weighted by molar-refractivity contribution is 9.13. The summed E-state index contributed by atoms with van der Waals surface area (Å²) < 4.78 is 2.33. The quantitative estimate of drug-likeness (QED) is 0.800. The fourth-order valence-corrected chi connectivity index (χ4v) is 3.42. The molecule has 1 aromatic heterocycles. The Morgan fingerprint density at radius 2 is 2.07 bits per heavy atom. The summed E-state index contributed by atoms with van der Waals surface area (Å²) in [4.78, 5) is 1.36. The van der Waals surface area contributed by atoms with E-state index in [-0.39, 0.29) is 0 Å². The van der Waals surface area contributed by atoms with E-state index in [9.17, 15) is 0 Å². The van der Waals surface area contributed by atoms with Crippen molar-refractivity contribution in [3.8, 4) is 0 Å². The predicted molar refractivity (Wildman–Crippen MR) is 75.5 cm³/mol. The molecule has 86 valence electrons. The maximum absolute atomic E-state index is 3.56. The Balaban J connectivity index is 2.43. The third-order valence-electron chi connectivity index (χ3n) is 2.79. The summed E-state index contributed by atoms with van der Waals surface area (Å²) >= 11 is 8.79. The van der Waals surface area contributed by atoms with E-state index < -0.39 is 0 Å². The Morgan fingerprint density at radius 1 is 1.40 bits per heavy atom. The summed E-state index contributed by atoms with van der Waals surface area (Å²) in [6.07, 6.45) is 1.23. The molecule has 0 aliphatic heterocycles. The average molecular weight is 355 g/mol. The van der Waals surface area contributed by atoms with E-state index in [1.54, 1.807) is 11.3 Å². The molecule has 1 N–H and O–H groups in total. The molecule has 2 atom stereocenters. The lowest BCUT2D eigenvalue weighted by atomic mass is 10.0.